The fourth-order valence-corrected chi connectivity index (χ4v) is 4.89. The average molecular weight is 306 g/mol. The number of hydrogen-bond donors (Lipinski definition) is 1. The van der Waals surface area contributed by atoms with Gasteiger partial charge < -0.3 is 10.1 Å². The van der Waals surface area contributed by atoms with Crippen molar-refractivity contribution in [3.8, 4) is 0 Å². The van der Waals surface area contributed by atoms with E-state index in [1.54, 1.807) is 0 Å². The SMILES string of the molecule is CC1CCCC(C(CC2CCCCC2)NC2=NCCO2)C1C. The van der Waals surface area contributed by atoms with Crippen molar-refractivity contribution >= 4 is 6.02 Å². The van der Waals surface area contributed by atoms with E-state index in [0.717, 1.165) is 42.8 Å². The number of aliphatic imine (C=N–C) groups is 1. The van der Waals surface area contributed by atoms with Crippen LogP contribution in [0.25, 0.3) is 0 Å². The molecular formula is C19H34N2O. The van der Waals surface area contributed by atoms with Crippen molar-refractivity contribution < 1.29 is 4.74 Å². The summed E-state index contributed by atoms with van der Waals surface area (Å²) in [6.07, 6.45) is 12.7. The van der Waals surface area contributed by atoms with Crippen molar-refractivity contribution in [2.75, 3.05) is 13.2 Å². The number of amidine groups is 1. The Hall–Kier alpha value is -0.730. The summed E-state index contributed by atoms with van der Waals surface area (Å²) in [5.74, 6) is 3.38. The molecule has 3 heteroatoms. The average Bonchev–Trinajstić information content (AvgIpc) is 3.03. The molecular weight excluding hydrogens is 272 g/mol. The van der Waals surface area contributed by atoms with Gasteiger partial charge in [-0.15, -0.1) is 0 Å². The van der Waals surface area contributed by atoms with Gasteiger partial charge in [-0.1, -0.05) is 58.8 Å². The normalized spacial score (nSPS) is 34.8. The standard InChI is InChI=1S/C19H34N2O/c1-14-7-6-10-17(15(14)2)18(21-19-20-11-12-22-19)13-16-8-4-3-5-9-16/h14-18H,3-13H2,1-2H3,(H,20,21). The van der Waals surface area contributed by atoms with Crippen molar-refractivity contribution in [2.24, 2.45) is 28.7 Å². The summed E-state index contributed by atoms with van der Waals surface area (Å²) in [5.41, 5.74) is 0. The molecule has 0 saturated heterocycles. The zero-order valence-electron chi connectivity index (χ0n) is 14.5. The van der Waals surface area contributed by atoms with E-state index < -0.39 is 0 Å². The molecule has 4 atom stereocenters. The number of nitrogens with zero attached hydrogens (tertiary/aromatic N) is 1. The first-order valence-corrected chi connectivity index (χ1v) is 9.68. The molecule has 3 rings (SSSR count). The maximum Gasteiger partial charge on any atom is 0.285 e. The van der Waals surface area contributed by atoms with Crippen LogP contribution in [-0.4, -0.2) is 25.2 Å². The molecule has 126 valence electrons. The summed E-state index contributed by atoms with van der Waals surface area (Å²) < 4.78 is 5.66. The lowest BCUT2D eigenvalue weighted by atomic mass is 9.68. The van der Waals surface area contributed by atoms with Crippen LogP contribution in [0.2, 0.25) is 0 Å². The number of nitrogens with one attached hydrogen (secondary N) is 1. The van der Waals surface area contributed by atoms with Crippen LogP contribution in [0, 0.1) is 23.7 Å². The fourth-order valence-electron chi connectivity index (χ4n) is 4.89. The minimum absolute atomic E-state index is 0.567. The second-order valence-electron chi connectivity index (χ2n) is 7.96. The Morgan fingerprint density at radius 1 is 1.09 bits per heavy atom. The van der Waals surface area contributed by atoms with Gasteiger partial charge in [-0.2, -0.15) is 0 Å². The zero-order chi connectivity index (χ0) is 15.4. The van der Waals surface area contributed by atoms with E-state index in [2.05, 4.69) is 24.2 Å². The molecule has 0 aromatic carbocycles. The topological polar surface area (TPSA) is 33.6 Å². The van der Waals surface area contributed by atoms with Crippen LogP contribution in [0.5, 0.6) is 0 Å². The minimum Gasteiger partial charge on any atom is -0.463 e. The van der Waals surface area contributed by atoms with E-state index in [9.17, 15) is 0 Å². The Bertz CT molecular complexity index is 376. The van der Waals surface area contributed by atoms with E-state index in [0.29, 0.717) is 6.04 Å². The molecule has 22 heavy (non-hydrogen) atoms. The Labute approximate surface area is 136 Å². The molecule has 3 aliphatic rings. The summed E-state index contributed by atoms with van der Waals surface area (Å²) in [5, 5.41) is 3.71. The van der Waals surface area contributed by atoms with Gasteiger partial charge in [-0.05, 0) is 36.5 Å². The maximum atomic E-state index is 5.66. The van der Waals surface area contributed by atoms with E-state index in [-0.39, 0.29) is 0 Å². The van der Waals surface area contributed by atoms with Gasteiger partial charge in [0.25, 0.3) is 6.02 Å². The van der Waals surface area contributed by atoms with Gasteiger partial charge >= 0.3 is 0 Å². The molecule has 4 unspecified atom stereocenters. The van der Waals surface area contributed by atoms with Gasteiger partial charge in [0.1, 0.15) is 6.61 Å². The zero-order valence-corrected chi connectivity index (χ0v) is 14.5. The minimum atomic E-state index is 0.567. The first-order valence-electron chi connectivity index (χ1n) is 9.68. The predicted molar refractivity (Wildman–Crippen MR) is 92.0 cm³/mol. The first-order chi connectivity index (χ1) is 10.7. The highest BCUT2D eigenvalue weighted by Crippen LogP contribution is 2.39. The van der Waals surface area contributed by atoms with Gasteiger partial charge in [0.05, 0.1) is 6.54 Å². The molecule has 1 aliphatic heterocycles. The molecule has 2 aliphatic carbocycles. The fraction of sp³-hybridized carbons (Fsp3) is 0.947. The molecule has 0 amide bonds. The van der Waals surface area contributed by atoms with Crippen molar-refractivity contribution in [2.45, 2.75) is 77.7 Å². The Kier molecular flexibility index (Phi) is 5.65. The summed E-state index contributed by atoms with van der Waals surface area (Å²) in [4.78, 5) is 4.49. The monoisotopic (exact) mass is 306 g/mol. The van der Waals surface area contributed by atoms with Gasteiger partial charge in [-0.3, -0.25) is 0 Å². The smallest absolute Gasteiger partial charge is 0.285 e. The largest absolute Gasteiger partial charge is 0.463 e. The maximum absolute atomic E-state index is 5.66. The van der Waals surface area contributed by atoms with Crippen LogP contribution in [-0.2, 0) is 4.74 Å². The van der Waals surface area contributed by atoms with Crippen LogP contribution in [0.3, 0.4) is 0 Å². The number of hydrogen-bond acceptors (Lipinski definition) is 3. The molecule has 0 bridgehead atoms. The van der Waals surface area contributed by atoms with Crippen LogP contribution in [0.4, 0.5) is 0 Å². The van der Waals surface area contributed by atoms with Crippen LogP contribution < -0.4 is 5.32 Å². The summed E-state index contributed by atoms with van der Waals surface area (Å²) in [6, 6.07) is 1.39. The van der Waals surface area contributed by atoms with Gasteiger partial charge in [0.15, 0.2) is 0 Å². The third kappa shape index (κ3) is 3.97. The van der Waals surface area contributed by atoms with Gasteiger partial charge in [0.2, 0.25) is 0 Å². The predicted octanol–water partition coefficient (Wildman–Crippen LogP) is 4.37. The molecule has 2 saturated carbocycles. The van der Waals surface area contributed by atoms with Crippen LogP contribution >= 0.6 is 0 Å². The molecule has 0 spiro atoms. The summed E-state index contributed by atoms with van der Waals surface area (Å²) in [6.45, 7) is 6.50. The second kappa shape index (κ2) is 7.70. The highest BCUT2D eigenvalue weighted by Gasteiger charge is 2.35. The molecule has 0 aromatic rings. The third-order valence-corrected chi connectivity index (χ3v) is 6.49. The highest BCUT2D eigenvalue weighted by atomic mass is 16.5. The lowest BCUT2D eigenvalue weighted by Crippen LogP contribution is -2.46. The van der Waals surface area contributed by atoms with E-state index >= 15 is 0 Å². The van der Waals surface area contributed by atoms with Gasteiger partial charge in [0, 0.05) is 6.04 Å². The van der Waals surface area contributed by atoms with Crippen molar-refractivity contribution in [1.29, 1.82) is 0 Å². The van der Waals surface area contributed by atoms with E-state index in [4.69, 9.17) is 4.74 Å². The first kappa shape index (κ1) is 16.1. The third-order valence-electron chi connectivity index (χ3n) is 6.49. The molecule has 1 N–H and O–H groups in total. The lowest BCUT2D eigenvalue weighted by Gasteiger charge is -2.41. The van der Waals surface area contributed by atoms with Crippen molar-refractivity contribution in [3.05, 3.63) is 0 Å². The van der Waals surface area contributed by atoms with E-state index in [1.165, 1.54) is 57.8 Å². The Balaban J connectivity index is 1.66. The molecule has 0 radical (unpaired) electrons. The van der Waals surface area contributed by atoms with Crippen molar-refractivity contribution in [1.82, 2.24) is 5.32 Å². The molecule has 3 nitrogen and oxygen atoms in total. The quantitative estimate of drug-likeness (QED) is 0.836. The number of rotatable bonds is 4. The highest BCUT2D eigenvalue weighted by molar-refractivity contribution is 5.75. The van der Waals surface area contributed by atoms with E-state index in [1.807, 2.05) is 0 Å². The summed E-state index contributed by atoms with van der Waals surface area (Å²) in [7, 11) is 0. The molecule has 1 heterocycles. The second-order valence-corrected chi connectivity index (χ2v) is 7.96. The molecule has 2 fully saturated rings. The van der Waals surface area contributed by atoms with Crippen molar-refractivity contribution in [3.63, 3.8) is 0 Å². The van der Waals surface area contributed by atoms with Crippen LogP contribution in [0.1, 0.15) is 71.6 Å². The Morgan fingerprint density at radius 2 is 1.91 bits per heavy atom. The molecule has 0 aromatic heterocycles. The summed E-state index contributed by atoms with van der Waals surface area (Å²) >= 11 is 0. The van der Waals surface area contributed by atoms with Crippen LogP contribution in [0.15, 0.2) is 4.99 Å². The number of ether oxygens (including phenoxy) is 1. The Morgan fingerprint density at radius 3 is 2.64 bits per heavy atom. The van der Waals surface area contributed by atoms with Gasteiger partial charge in [-0.25, -0.2) is 4.99 Å². The lowest BCUT2D eigenvalue weighted by molar-refractivity contribution is 0.126.